The van der Waals surface area contributed by atoms with Crippen molar-refractivity contribution in [2.75, 3.05) is 11.8 Å². The third-order valence-electron chi connectivity index (χ3n) is 7.33. The van der Waals surface area contributed by atoms with Crippen LogP contribution in [-0.4, -0.2) is 52.8 Å². The molecule has 0 unspecified atom stereocenters. The number of anilines is 1. The average Bonchev–Trinajstić information content (AvgIpc) is 2.83. The van der Waals surface area contributed by atoms with E-state index < -0.39 is 26.1 Å². The Balaban J connectivity index is 1.31. The van der Waals surface area contributed by atoms with E-state index in [0.29, 0.717) is 31.7 Å². The highest BCUT2D eigenvalue weighted by atomic mass is 32.2. The first-order valence-corrected chi connectivity index (χ1v) is 15.3. The van der Waals surface area contributed by atoms with Gasteiger partial charge in [-0.3, -0.25) is 9.52 Å². The van der Waals surface area contributed by atoms with E-state index >= 15 is 0 Å². The number of hydrogen-bond acceptors (Lipinski definition) is 6. The molecule has 4 N–H and O–H groups in total. The maximum Gasteiger partial charge on any atom is 0.261 e. The van der Waals surface area contributed by atoms with Gasteiger partial charge < -0.3 is 10.6 Å². The molecule has 2 aliphatic carbocycles. The lowest BCUT2D eigenvalue weighted by atomic mass is 9.81. The Kier molecular flexibility index (Phi) is 8.03. The fourth-order valence-electron chi connectivity index (χ4n) is 4.79. The molecule has 11 heteroatoms. The van der Waals surface area contributed by atoms with Crippen molar-refractivity contribution in [1.82, 2.24) is 9.62 Å². The first-order valence-electron chi connectivity index (χ1n) is 12.3. The lowest BCUT2D eigenvalue weighted by Gasteiger charge is -2.38. The van der Waals surface area contributed by atoms with Gasteiger partial charge in [-0.15, -0.1) is 0 Å². The first-order chi connectivity index (χ1) is 17.1. The van der Waals surface area contributed by atoms with Crippen molar-refractivity contribution < 1.29 is 21.6 Å². The normalized spacial score (nSPS) is 21.8. The zero-order chi connectivity index (χ0) is 25.9. The van der Waals surface area contributed by atoms with Crippen molar-refractivity contribution in [3.63, 3.8) is 0 Å². The van der Waals surface area contributed by atoms with Crippen LogP contribution in [0.25, 0.3) is 0 Å². The smallest absolute Gasteiger partial charge is 0.261 e. The topological polar surface area (TPSA) is 139 Å². The summed E-state index contributed by atoms with van der Waals surface area (Å²) < 4.78 is 56.0. The summed E-state index contributed by atoms with van der Waals surface area (Å²) in [6, 6.07) is 13.0. The molecule has 196 valence electrons. The predicted octanol–water partition coefficient (Wildman–Crippen LogP) is 2.66. The molecule has 2 saturated carbocycles. The van der Waals surface area contributed by atoms with Gasteiger partial charge in [0.2, 0.25) is 15.9 Å². The van der Waals surface area contributed by atoms with Crippen molar-refractivity contribution in [1.29, 1.82) is 0 Å². The average molecular weight is 535 g/mol. The van der Waals surface area contributed by atoms with Crippen LogP contribution in [0.15, 0.2) is 64.4 Å². The maximum absolute atomic E-state index is 12.9. The van der Waals surface area contributed by atoms with Gasteiger partial charge in [0.05, 0.1) is 15.8 Å². The summed E-state index contributed by atoms with van der Waals surface area (Å²) in [5.41, 5.74) is 6.56. The number of likely N-dealkylation sites (N-methyl/N-ethyl adjacent to an activating group) is 1. The molecule has 9 nitrogen and oxygen atoms in total. The Bertz CT molecular complexity index is 1260. The predicted molar refractivity (Wildman–Crippen MR) is 138 cm³/mol. The van der Waals surface area contributed by atoms with E-state index in [4.69, 9.17) is 5.73 Å². The van der Waals surface area contributed by atoms with Crippen LogP contribution in [0.2, 0.25) is 0 Å². The minimum atomic E-state index is -3.78. The van der Waals surface area contributed by atoms with Gasteiger partial charge in [0.1, 0.15) is 0 Å². The lowest BCUT2D eigenvalue weighted by molar-refractivity contribution is -0.136. The van der Waals surface area contributed by atoms with Gasteiger partial charge in [-0.1, -0.05) is 18.2 Å². The fourth-order valence-corrected chi connectivity index (χ4v) is 7.17. The Morgan fingerprint density at radius 2 is 1.44 bits per heavy atom. The van der Waals surface area contributed by atoms with Crippen LogP contribution >= 0.6 is 0 Å². The number of amides is 1. The van der Waals surface area contributed by atoms with Gasteiger partial charge in [0.15, 0.2) is 0 Å². The minimum Gasteiger partial charge on any atom is -0.341 e. The standard InChI is InChI=1S/C25H34N4O5S2/c1-29(21-6-5-7-21)25(30)24(26)18-10-12-19(13-11-18)27-36(33,34)23-16-14-20(15-17-23)28-35(31,32)22-8-3-2-4-9-22/h2-4,8-9,14-19,21,24,27-28H,5-7,10-13,26H2,1H3/t18?,19?,24-/m0/s1. The summed E-state index contributed by atoms with van der Waals surface area (Å²) in [7, 11) is -5.72. The summed E-state index contributed by atoms with van der Waals surface area (Å²) in [6.07, 6.45) is 5.78. The van der Waals surface area contributed by atoms with Crippen LogP contribution in [0.5, 0.6) is 0 Å². The number of nitrogens with one attached hydrogen (secondary N) is 2. The molecule has 2 aromatic rings. The Labute approximate surface area is 213 Å². The SMILES string of the molecule is CN(C(=O)[C@@H](N)C1CCC(NS(=O)(=O)c2ccc(NS(=O)(=O)c3ccccc3)cc2)CC1)C1CCC1. The summed E-state index contributed by atoms with van der Waals surface area (Å²) in [5, 5.41) is 0. The number of nitrogens with two attached hydrogens (primary N) is 1. The van der Waals surface area contributed by atoms with Crippen molar-refractivity contribution in [2.24, 2.45) is 11.7 Å². The molecule has 1 amide bonds. The van der Waals surface area contributed by atoms with Gasteiger partial charge in [-0.05, 0) is 87.3 Å². The lowest BCUT2D eigenvalue weighted by Crippen LogP contribution is -2.52. The number of nitrogens with zero attached hydrogens (tertiary/aromatic N) is 1. The van der Waals surface area contributed by atoms with E-state index in [9.17, 15) is 21.6 Å². The van der Waals surface area contributed by atoms with E-state index in [2.05, 4.69) is 9.44 Å². The molecule has 0 spiro atoms. The molecule has 0 saturated heterocycles. The minimum absolute atomic E-state index is 0.0216. The van der Waals surface area contributed by atoms with Crippen molar-refractivity contribution in [3.05, 3.63) is 54.6 Å². The van der Waals surface area contributed by atoms with Gasteiger partial charge in [-0.25, -0.2) is 21.6 Å². The van der Waals surface area contributed by atoms with Crippen molar-refractivity contribution in [2.45, 2.75) is 72.9 Å². The number of carbonyl (C=O) groups is 1. The summed E-state index contributed by atoms with van der Waals surface area (Å²) >= 11 is 0. The molecule has 0 heterocycles. The van der Waals surface area contributed by atoms with Crippen LogP contribution in [0, 0.1) is 5.92 Å². The highest BCUT2D eigenvalue weighted by Gasteiger charge is 2.35. The van der Waals surface area contributed by atoms with Crippen molar-refractivity contribution >= 4 is 31.6 Å². The van der Waals surface area contributed by atoms with Crippen LogP contribution in [0.1, 0.15) is 44.9 Å². The van der Waals surface area contributed by atoms with Gasteiger partial charge in [0, 0.05) is 24.8 Å². The van der Waals surface area contributed by atoms with Crippen LogP contribution in [0.3, 0.4) is 0 Å². The summed E-state index contributed by atoms with van der Waals surface area (Å²) in [6.45, 7) is 0. The Morgan fingerprint density at radius 1 is 0.861 bits per heavy atom. The largest absolute Gasteiger partial charge is 0.341 e. The molecule has 4 rings (SSSR count). The third kappa shape index (κ3) is 6.08. The third-order valence-corrected chi connectivity index (χ3v) is 10.3. The molecule has 2 aliphatic rings. The molecular weight excluding hydrogens is 500 g/mol. The maximum atomic E-state index is 12.9. The van der Waals surface area contributed by atoms with Crippen LogP contribution < -0.4 is 15.2 Å². The van der Waals surface area contributed by atoms with E-state index in [1.807, 2.05) is 7.05 Å². The molecule has 1 atom stereocenters. The number of sulfonamides is 2. The van der Waals surface area contributed by atoms with Gasteiger partial charge in [-0.2, -0.15) is 0 Å². The van der Waals surface area contributed by atoms with Crippen molar-refractivity contribution in [3.8, 4) is 0 Å². The fraction of sp³-hybridized carbons (Fsp3) is 0.480. The zero-order valence-corrected chi connectivity index (χ0v) is 22.0. The first kappa shape index (κ1) is 26.6. The molecule has 0 aliphatic heterocycles. The monoisotopic (exact) mass is 534 g/mol. The Morgan fingerprint density at radius 3 is 2.00 bits per heavy atom. The molecule has 2 fully saturated rings. The second kappa shape index (κ2) is 10.9. The Hall–Kier alpha value is -2.47. The highest BCUT2D eigenvalue weighted by molar-refractivity contribution is 7.92. The summed E-state index contributed by atoms with van der Waals surface area (Å²) in [5.74, 6) is 0.0180. The molecular formula is C25H34N4O5S2. The number of hydrogen-bond donors (Lipinski definition) is 3. The number of benzene rings is 2. The second-order valence-electron chi connectivity index (χ2n) is 9.74. The van der Waals surface area contributed by atoms with E-state index in [1.165, 1.54) is 36.4 Å². The molecule has 0 bridgehead atoms. The van der Waals surface area contributed by atoms with E-state index in [-0.39, 0.29) is 33.3 Å². The van der Waals surface area contributed by atoms with Crippen LogP contribution in [0.4, 0.5) is 5.69 Å². The van der Waals surface area contributed by atoms with Crippen LogP contribution in [-0.2, 0) is 24.8 Å². The molecule has 2 aromatic carbocycles. The number of rotatable bonds is 9. The van der Waals surface area contributed by atoms with E-state index in [1.54, 1.807) is 23.1 Å². The molecule has 36 heavy (non-hydrogen) atoms. The summed E-state index contributed by atoms with van der Waals surface area (Å²) in [4.78, 5) is 14.7. The number of carbonyl (C=O) groups excluding carboxylic acids is 1. The highest BCUT2D eigenvalue weighted by Crippen LogP contribution is 2.30. The zero-order valence-electron chi connectivity index (χ0n) is 20.3. The quantitative estimate of drug-likeness (QED) is 0.452. The van der Waals surface area contributed by atoms with Gasteiger partial charge in [0.25, 0.3) is 10.0 Å². The molecule has 0 radical (unpaired) electrons. The van der Waals surface area contributed by atoms with E-state index in [0.717, 1.165) is 19.3 Å². The molecule has 0 aromatic heterocycles. The second-order valence-corrected chi connectivity index (χ2v) is 13.1. The van der Waals surface area contributed by atoms with Gasteiger partial charge >= 0.3 is 0 Å².